The Labute approximate surface area is 112 Å². The van der Waals surface area contributed by atoms with Crippen LogP contribution in [0.1, 0.15) is 47.5 Å². The maximum absolute atomic E-state index is 11.1. The topological polar surface area (TPSA) is 72.3 Å². The highest BCUT2D eigenvalue weighted by atomic mass is 16.1. The van der Waals surface area contributed by atoms with Crippen LogP contribution in [0.25, 0.3) is 0 Å². The zero-order chi connectivity index (χ0) is 14.3. The number of nitrogens with zero attached hydrogens (tertiary/aromatic N) is 1. The van der Waals surface area contributed by atoms with Crippen molar-refractivity contribution < 1.29 is 4.79 Å². The number of carbonyl (C=O) groups is 1. The van der Waals surface area contributed by atoms with Crippen LogP contribution >= 0.6 is 0 Å². The van der Waals surface area contributed by atoms with Gasteiger partial charge >= 0.3 is 0 Å². The molecule has 1 unspecified atom stereocenters. The summed E-state index contributed by atoms with van der Waals surface area (Å²) >= 11 is 0. The van der Waals surface area contributed by atoms with Gasteiger partial charge in [0, 0.05) is 13.1 Å². The molecule has 0 saturated heterocycles. The summed E-state index contributed by atoms with van der Waals surface area (Å²) in [6.45, 7) is 13.8. The lowest BCUT2D eigenvalue weighted by Crippen LogP contribution is -2.49. The average molecular weight is 257 g/mol. The first kappa shape index (κ1) is 17.4. The number of amides is 1. The van der Waals surface area contributed by atoms with Crippen LogP contribution in [0.15, 0.2) is 0 Å². The van der Waals surface area contributed by atoms with Crippen molar-refractivity contribution >= 4 is 5.91 Å². The maximum Gasteiger partial charge on any atom is 0.237 e. The summed E-state index contributed by atoms with van der Waals surface area (Å²) in [5, 5.41) is 0. The third-order valence-electron chi connectivity index (χ3n) is 2.98. The van der Waals surface area contributed by atoms with E-state index in [0.29, 0.717) is 18.3 Å². The molecule has 0 heterocycles. The SMILES string of the molecule is CC(C)CN(CCCC(C)(N)C(N)=O)CC(C)C. The lowest BCUT2D eigenvalue weighted by atomic mass is 9.96. The van der Waals surface area contributed by atoms with E-state index in [1.807, 2.05) is 0 Å². The van der Waals surface area contributed by atoms with Crippen LogP contribution < -0.4 is 11.5 Å². The fourth-order valence-corrected chi connectivity index (χ4v) is 2.08. The normalized spacial score (nSPS) is 15.4. The molecule has 4 nitrogen and oxygen atoms in total. The van der Waals surface area contributed by atoms with Crippen LogP contribution in [0.3, 0.4) is 0 Å². The summed E-state index contributed by atoms with van der Waals surface area (Å²) in [7, 11) is 0. The minimum absolute atomic E-state index is 0.415. The molecule has 0 rings (SSSR count). The van der Waals surface area contributed by atoms with E-state index < -0.39 is 11.4 Å². The molecule has 4 N–H and O–H groups in total. The standard InChI is InChI=1S/C14H31N3O/c1-11(2)9-17(10-12(3)4)8-6-7-14(5,16)13(15)18/h11-12H,6-10,16H2,1-5H3,(H2,15,18). The van der Waals surface area contributed by atoms with Crippen LogP contribution in [0.5, 0.6) is 0 Å². The van der Waals surface area contributed by atoms with Crippen molar-refractivity contribution in [2.45, 2.75) is 53.0 Å². The zero-order valence-corrected chi connectivity index (χ0v) is 12.7. The number of nitrogens with two attached hydrogens (primary N) is 2. The van der Waals surface area contributed by atoms with Gasteiger partial charge in [-0.15, -0.1) is 0 Å². The molecule has 108 valence electrons. The van der Waals surface area contributed by atoms with Crippen LogP contribution in [-0.4, -0.2) is 36.0 Å². The van der Waals surface area contributed by atoms with Crippen LogP contribution in [-0.2, 0) is 4.79 Å². The van der Waals surface area contributed by atoms with E-state index in [1.165, 1.54) is 0 Å². The summed E-state index contributed by atoms with van der Waals surface area (Å²) in [6.07, 6.45) is 1.56. The largest absolute Gasteiger partial charge is 0.368 e. The number of rotatable bonds is 9. The van der Waals surface area contributed by atoms with Gasteiger partial charge in [-0.3, -0.25) is 4.79 Å². The summed E-state index contributed by atoms with van der Waals surface area (Å²) in [4.78, 5) is 13.6. The Kier molecular flexibility index (Phi) is 7.48. The summed E-state index contributed by atoms with van der Waals surface area (Å²) < 4.78 is 0. The molecule has 0 spiro atoms. The third-order valence-corrected chi connectivity index (χ3v) is 2.98. The number of hydrogen-bond donors (Lipinski definition) is 2. The first-order valence-corrected chi connectivity index (χ1v) is 6.96. The summed E-state index contributed by atoms with van der Waals surface area (Å²) in [5.41, 5.74) is 10.3. The summed E-state index contributed by atoms with van der Waals surface area (Å²) in [6, 6.07) is 0. The molecular formula is C14H31N3O. The zero-order valence-electron chi connectivity index (χ0n) is 12.7. The second-order valence-corrected chi connectivity index (χ2v) is 6.43. The second kappa shape index (κ2) is 7.74. The quantitative estimate of drug-likeness (QED) is 0.659. The monoisotopic (exact) mass is 257 g/mol. The third kappa shape index (κ3) is 7.67. The molecule has 0 fully saturated rings. The van der Waals surface area contributed by atoms with Crippen LogP contribution in [0.2, 0.25) is 0 Å². The predicted molar refractivity (Wildman–Crippen MR) is 77.1 cm³/mol. The van der Waals surface area contributed by atoms with Crippen molar-refractivity contribution in [3.8, 4) is 0 Å². The molecule has 0 aromatic rings. The van der Waals surface area contributed by atoms with Gasteiger partial charge < -0.3 is 16.4 Å². The van der Waals surface area contributed by atoms with Gasteiger partial charge in [0.15, 0.2) is 0 Å². The molecule has 0 aromatic heterocycles. The Balaban J connectivity index is 4.14. The molecule has 0 aliphatic heterocycles. The van der Waals surface area contributed by atoms with Gasteiger partial charge in [-0.2, -0.15) is 0 Å². The molecule has 0 aromatic carbocycles. The Hall–Kier alpha value is -0.610. The Morgan fingerprint density at radius 1 is 1.17 bits per heavy atom. The minimum Gasteiger partial charge on any atom is -0.368 e. The molecule has 4 heteroatoms. The second-order valence-electron chi connectivity index (χ2n) is 6.43. The average Bonchev–Trinajstić information content (AvgIpc) is 2.14. The fraction of sp³-hybridized carbons (Fsp3) is 0.929. The molecule has 18 heavy (non-hydrogen) atoms. The highest BCUT2D eigenvalue weighted by Crippen LogP contribution is 2.11. The first-order chi connectivity index (χ1) is 8.15. The molecule has 0 bridgehead atoms. The van der Waals surface area contributed by atoms with Crippen molar-refractivity contribution in [3.05, 3.63) is 0 Å². The van der Waals surface area contributed by atoms with E-state index in [9.17, 15) is 4.79 Å². The predicted octanol–water partition coefficient (Wildman–Crippen LogP) is 1.58. The van der Waals surface area contributed by atoms with Gasteiger partial charge in [-0.1, -0.05) is 27.7 Å². The van der Waals surface area contributed by atoms with Gasteiger partial charge in [0.2, 0.25) is 5.91 Å². The van der Waals surface area contributed by atoms with Gasteiger partial charge in [0.1, 0.15) is 0 Å². The number of hydrogen-bond acceptors (Lipinski definition) is 3. The van der Waals surface area contributed by atoms with E-state index in [2.05, 4.69) is 32.6 Å². The Morgan fingerprint density at radius 3 is 1.94 bits per heavy atom. The highest BCUT2D eigenvalue weighted by Gasteiger charge is 2.25. The molecule has 1 amide bonds. The molecule has 0 radical (unpaired) electrons. The number of primary amides is 1. The molecule has 0 saturated carbocycles. The smallest absolute Gasteiger partial charge is 0.237 e. The molecule has 1 atom stereocenters. The Morgan fingerprint density at radius 2 is 1.61 bits per heavy atom. The fourth-order valence-electron chi connectivity index (χ4n) is 2.08. The number of carbonyl (C=O) groups excluding carboxylic acids is 1. The maximum atomic E-state index is 11.1. The van der Waals surface area contributed by atoms with E-state index in [-0.39, 0.29) is 0 Å². The van der Waals surface area contributed by atoms with Crippen molar-refractivity contribution in [2.24, 2.45) is 23.3 Å². The van der Waals surface area contributed by atoms with Gasteiger partial charge in [0.25, 0.3) is 0 Å². The van der Waals surface area contributed by atoms with Crippen LogP contribution in [0.4, 0.5) is 0 Å². The summed E-state index contributed by atoms with van der Waals surface area (Å²) in [5.74, 6) is 0.898. The van der Waals surface area contributed by atoms with E-state index >= 15 is 0 Å². The minimum atomic E-state index is -0.874. The lowest BCUT2D eigenvalue weighted by molar-refractivity contribution is -0.122. The molecule has 0 aliphatic rings. The van der Waals surface area contributed by atoms with E-state index in [0.717, 1.165) is 26.1 Å². The van der Waals surface area contributed by atoms with Crippen molar-refractivity contribution in [1.82, 2.24) is 4.90 Å². The van der Waals surface area contributed by atoms with Gasteiger partial charge in [-0.25, -0.2) is 0 Å². The lowest BCUT2D eigenvalue weighted by Gasteiger charge is -2.28. The van der Waals surface area contributed by atoms with Gasteiger partial charge in [-0.05, 0) is 38.1 Å². The first-order valence-electron chi connectivity index (χ1n) is 6.96. The van der Waals surface area contributed by atoms with Crippen molar-refractivity contribution in [2.75, 3.05) is 19.6 Å². The van der Waals surface area contributed by atoms with Crippen molar-refractivity contribution in [3.63, 3.8) is 0 Å². The highest BCUT2D eigenvalue weighted by molar-refractivity contribution is 5.83. The van der Waals surface area contributed by atoms with Crippen molar-refractivity contribution in [1.29, 1.82) is 0 Å². The van der Waals surface area contributed by atoms with E-state index in [1.54, 1.807) is 6.92 Å². The van der Waals surface area contributed by atoms with E-state index in [4.69, 9.17) is 11.5 Å². The Bertz CT molecular complexity index is 239. The molecule has 0 aliphatic carbocycles. The van der Waals surface area contributed by atoms with Crippen LogP contribution in [0, 0.1) is 11.8 Å². The van der Waals surface area contributed by atoms with Gasteiger partial charge in [0.05, 0.1) is 5.54 Å². The molecular weight excluding hydrogens is 226 g/mol.